The van der Waals surface area contributed by atoms with E-state index >= 15 is 0 Å². The lowest BCUT2D eigenvalue weighted by molar-refractivity contribution is -0.142. The number of rotatable bonds is 5. The standard InChI is InChI=1S/C15H16N2O3S/c1-3-20-13(18)8-11-9-21-15(16-11)17-14(19)12-7-5-4-6-10(12)2/h4-7,9H,3,8H2,1-2H3,(H,16,17,19). The van der Waals surface area contributed by atoms with Crippen molar-refractivity contribution < 1.29 is 14.3 Å². The van der Waals surface area contributed by atoms with E-state index in [-0.39, 0.29) is 18.3 Å². The monoisotopic (exact) mass is 304 g/mol. The van der Waals surface area contributed by atoms with Crippen LogP contribution in [0.25, 0.3) is 0 Å². The Morgan fingerprint density at radius 1 is 1.33 bits per heavy atom. The van der Waals surface area contributed by atoms with E-state index in [1.807, 2.05) is 25.1 Å². The number of hydrogen-bond acceptors (Lipinski definition) is 5. The number of hydrogen-bond donors (Lipinski definition) is 1. The van der Waals surface area contributed by atoms with Crippen LogP contribution in [0.15, 0.2) is 29.6 Å². The highest BCUT2D eigenvalue weighted by Crippen LogP contribution is 2.18. The molecule has 6 heteroatoms. The number of nitrogens with zero attached hydrogens (tertiary/aromatic N) is 1. The van der Waals surface area contributed by atoms with Gasteiger partial charge < -0.3 is 4.74 Å². The van der Waals surface area contributed by atoms with Gasteiger partial charge >= 0.3 is 5.97 Å². The van der Waals surface area contributed by atoms with Crippen LogP contribution < -0.4 is 5.32 Å². The molecule has 2 rings (SSSR count). The minimum atomic E-state index is -0.320. The van der Waals surface area contributed by atoms with E-state index in [9.17, 15) is 9.59 Å². The van der Waals surface area contributed by atoms with Crippen molar-refractivity contribution in [3.05, 3.63) is 46.5 Å². The number of anilines is 1. The van der Waals surface area contributed by atoms with Gasteiger partial charge in [0.1, 0.15) is 0 Å². The van der Waals surface area contributed by atoms with E-state index < -0.39 is 0 Å². The second-order valence-electron chi connectivity index (χ2n) is 4.39. The van der Waals surface area contributed by atoms with Crippen LogP contribution in [0.3, 0.4) is 0 Å². The summed E-state index contributed by atoms with van der Waals surface area (Å²) in [4.78, 5) is 27.7. The van der Waals surface area contributed by atoms with Gasteiger partial charge in [0.15, 0.2) is 5.13 Å². The summed E-state index contributed by atoms with van der Waals surface area (Å²) < 4.78 is 4.86. The number of aromatic nitrogens is 1. The Kier molecular flexibility index (Phi) is 5.05. The predicted octanol–water partition coefficient (Wildman–Crippen LogP) is 2.81. The number of carbonyl (C=O) groups is 2. The molecule has 0 atom stereocenters. The minimum absolute atomic E-state index is 0.116. The molecule has 1 N–H and O–H groups in total. The number of ether oxygens (including phenoxy) is 1. The Morgan fingerprint density at radius 2 is 2.10 bits per heavy atom. The molecule has 0 unspecified atom stereocenters. The highest BCUT2D eigenvalue weighted by atomic mass is 32.1. The van der Waals surface area contributed by atoms with Crippen molar-refractivity contribution in [2.45, 2.75) is 20.3 Å². The fraction of sp³-hybridized carbons (Fsp3) is 0.267. The molecule has 21 heavy (non-hydrogen) atoms. The maximum atomic E-state index is 12.1. The van der Waals surface area contributed by atoms with Gasteiger partial charge in [0, 0.05) is 10.9 Å². The van der Waals surface area contributed by atoms with E-state index in [0.717, 1.165) is 5.56 Å². The van der Waals surface area contributed by atoms with Crippen LogP contribution in [-0.2, 0) is 16.0 Å². The van der Waals surface area contributed by atoms with Gasteiger partial charge in [0.05, 0.1) is 18.7 Å². The maximum absolute atomic E-state index is 12.1. The molecule has 0 bridgehead atoms. The average molecular weight is 304 g/mol. The normalized spacial score (nSPS) is 10.2. The summed E-state index contributed by atoms with van der Waals surface area (Å²) in [6.45, 7) is 3.98. The first-order valence-corrected chi connectivity index (χ1v) is 7.45. The zero-order chi connectivity index (χ0) is 15.2. The molecule has 1 aromatic carbocycles. The number of nitrogens with one attached hydrogen (secondary N) is 1. The van der Waals surface area contributed by atoms with Crippen LogP contribution in [0.5, 0.6) is 0 Å². The van der Waals surface area contributed by atoms with E-state index in [1.54, 1.807) is 18.4 Å². The minimum Gasteiger partial charge on any atom is -0.466 e. The van der Waals surface area contributed by atoms with Crippen molar-refractivity contribution in [3.63, 3.8) is 0 Å². The fourth-order valence-corrected chi connectivity index (χ4v) is 2.50. The van der Waals surface area contributed by atoms with E-state index in [0.29, 0.717) is 23.0 Å². The molecule has 0 aliphatic carbocycles. The Labute approximate surface area is 127 Å². The molecule has 0 saturated carbocycles. The van der Waals surface area contributed by atoms with Gasteiger partial charge in [-0.05, 0) is 25.5 Å². The number of aryl methyl sites for hydroxylation is 1. The molecular formula is C15H16N2O3S. The fourth-order valence-electron chi connectivity index (χ4n) is 1.80. The second-order valence-corrected chi connectivity index (χ2v) is 5.25. The van der Waals surface area contributed by atoms with Crippen molar-refractivity contribution in [2.75, 3.05) is 11.9 Å². The van der Waals surface area contributed by atoms with Crippen LogP contribution in [0.2, 0.25) is 0 Å². The van der Waals surface area contributed by atoms with Gasteiger partial charge in [0.25, 0.3) is 5.91 Å². The first-order valence-electron chi connectivity index (χ1n) is 6.57. The van der Waals surface area contributed by atoms with Crippen LogP contribution >= 0.6 is 11.3 Å². The smallest absolute Gasteiger partial charge is 0.311 e. The number of esters is 1. The number of thiazole rings is 1. The van der Waals surface area contributed by atoms with Crippen molar-refractivity contribution in [2.24, 2.45) is 0 Å². The third-order valence-electron chi connectivity index (χ3n) is 2.79. The van der Waals surface area contributed by atoms with Crippen LogP contribution in [-0.4, -0.2) is 23.5 Å². The molecule has 0 aliphatic rings. The van der Waals surface area contributed by atoms with Gasteiger partial charge in [-0.15, -0.1) is 11.3 Å². The van der Waals surface area contributed by atoms with Crippen molar-refractivity contribution >= 4 is 28.3 Å². The van der Waals surface area contributed by atoms with Crippen molar-refractivity contribution in [3.8, 4) is 0 Å². The van der Waals surface area contributed by atoms with Crippen LogP contribution in [0, 0.1) is 6.92 Å². The Bertz CT molecular complexity index is 652. The maximum Gasteiger partial charge on any atom is 0.311 e. The third kappa shape index (κ3) is 4.13. The molecule has 1 heterocycles. The molecule has 5 nitrogen and oxygen atoms in total. The quantitative estimate of drug-likeness (QED) is 0.862. The van der Waals surface area contributed by atoms with E-state index in [4.69, 9.17) is 4.74 Å². The lowest BCUT2D eigenvalue weighted by atomic mass is 10.1. The van der Waals surface area contributed by atoms with Crippen molar-refractivity contribution in [1.29, 1.82) is 0 Å². The Balaban J connectivity index is 2.01. The Morgan fingerprint density at radius 3 is 2.81 bits per heavy atom. The molecule has 0 radical (unpaired) electrons. The molecule has 0 spiro atoms. The SMILES string of the molecule is CCOC(=O)Cc1csc(NC(=O)c2ccccc2C)n1. The molecule has 110 valence electrons. The number of amides is 1. The highest BCUT2D eigenvalue weighted by Gasteiger charge is 2.12. The van der Waals surface area contributed by atoms with Crippen molar-refractivity contribution in [1.82, 2.24) is 4.98 Å². The molecule has 0 saturated heterocycles. The lowest BCUT2D eigenvalue weighted by Crippen LogP contribution is -2.13. The van der Waals surface area contributed by atoms with Gasteiger partial charge in [-0.25, -0.2) is 4.98 Å². The van der Waals surface area contributed by atoms with Crippen LogP contribution in [0.1, 0.15) is 28.5 Å². The molecule has 1 amide bonds. The zero-order valence-corrected chi connectivity index (χ0v) is 12.7. The molecule has 2 aromatic rings. The summed E-state index contributed by atoms with van der Waals surface area (Å²) in [5, 5.41) is 4.96. The number of benzene rings is 1. The summed E-state index contributed by atoms with van der Waals surface area (Å²) in [5.74, 6) is -0.523. The summed E-state index contributed by atoms with van der Waals surface area (Å²) in [7, 11) is 0. The molecular weight excluding hydrogens is 288 g/mol. The summed E-state index contributed by atoms with van der Waals surface area (Å²) in [5.41, 5.74) is 2.11. The topological polar surface area (TPSA) is 68.3 Å². The molecule has 0 aliphatic heterocycles. The van der Waals surface area contributed by atoms with Gasteiger partial charge in [0.2, 0.25) is 0 Å². The first-order chi connectivity index (χ1) is 10.1. The first kappa shape index (κ1) is 15.2. The van der Waals surface area contributed by atoms with E-state index in [2.05, 4.69) is 10.3 Å². The van der Waals surface area contributed by atoms with Gasteiger partial charge in [-0.1, -0.05) is 18.2 Å². The summed E-state index contributed by atoms with van der Waals surface area (Å²) in [6, 6.07) is 7.34. The average Bonchev–Trinajstić information content (AvgIpc) is 2.86. The van der Waals surface area contributed by atoms with E-state index in [1.165, 1.54) is 11.3 Å². The predicted molar refractivity (Wildman–Crippen MR) is 81.6 cm³/mol. The molecule has 0 fully saturated rings. The van der Waals surface area contributed by atoms with Crippen LogP contribution in [0.4, 0.5) is 5.13 Å². The Hall–Kier alpha value is -2.21. The van der Waals surface area contributed by atoms with Gasteiger partial charge in [-0.2, -0.15) is 0 Å². The number of carbonyl (C=O) groups excluding carboxylic acids is 2. The second kappa shape index (κ2) is 6.99. The van der Waals surface area contributed by atoms with Gasteiger partial charge in [-0.3, -0.25) is 14.9 Å². The third-order valence-corrected chi connectivity index (χ3v) is 3.60. The lowest BCUT2D eigenvalue weighted by Gasteiger charge is -2.04. The summed E-state index contributed by atoms with van der Waals surface area (Å²) in [6.07, 6.45) is 0.116. The zero-order valence-electron chi connectivity index (χ0n) is 11.9. The molecule has 1 aromatic heterocycles. The largest absolute Gasteiger partial charge is 0.466 e. The summed E-state index contributed by atoms with van der Waals surface area (Å²) >= 11 is 1.29. The highest BCUT2D eigenvalue weighted by molar-refractivity contribution is 7.14.